The molecule has 0 radical (unpaired) electrons. The highest BCUT2D eigenvalue weighted by Crippen LogP contribution is 2.27. The van der Waals surface area contributed by atoms with E-state index < -0.39 is 5.97 Å². The molecule has 0 saturated heterocycles. The van der Waals surface area contributed by atoms with Crippen molar-refractivity contribution in [3.8, 4) is 5.75 Å². The molecule has 5 nitrogen and oxygen atoms in total. The van der Waals surface area contributed by atoms with Gasteiger partial charge >= 0.3 is 5.97 Å². The van der Waals surface area contributed by atoms with Crippen LogP contribution in [0.5, 0.6) is 5.75 Å². The molecule has 1 aromatic rings. The monoisotopic (exact) mass is 263 g/mol. The molecule has 1 aliphatic carbocycles. The third-order valence-corrected chi connectivity index (χ3v) is 3.40. The number of methoxy groups -OCH3 is 1. The molecule has 0 atom stereocenters. The fraction of sp³-hybridized carbons (Fsp3) is 0.429. The molecular formula is C14H17NO4. The number of rotatable bonds is 3. The zero-order valence-electron chi connectivity index (χ0n) is 10.8. The van der Waals surface area contributed by atoms with Crippen LogP contribution in [0.4, 0.5) is 5.69 Å². The summed E-state index contributed by atoms with van der Waals surface area (Å²) in [5, 5.41) is 12.3. The highest BCUT2D eigenvalue weighted by molar-refractivity contribution is 5.97. The summed E-state index contributed by atoms with van der Waals surface area (Å²) in [7, 11) is 1.24. The molecule has 0 heterocycles. The number of benzene rings is 1. The fourth-order valence-corrected chi connectivity index (χ4v) is 2.32. The molecule has 5 heteroatoms. The largest absolute Gasteiger partial charge is 0.507 e. The van der Waals surface area contributed by atoms with Gasteiger partial charge in [0.05, 0.1) is 7.11 Å². The molecule has 1 saturated carbocycles. The van der Waals surface area contributed by atoms with Crippen molar-refractivity contribution in [1.29, 1.82) is 0 Å². The lowest BCUT2D eigenvalue weighted by atomic mass is 10.1. The van der Waals surface area contributed by atoms with E-state index in [-0.39, 0.29) is 23.1 Å². The molecule has 0 unspecified atom stereocenters. The van der Waals surface area contributed by atoms with E-state index in [9.17, 15) is 14.7 Å². The molecule has 1 aromatic carbocycles. The van der Waals surface area contributed by atoms with Crippen LogP contribution in [0.15, 0.2) is 18.2 Å². The Labute approximate surface area is 111 Å². The van der Waals surface area contributed by atoms with Gasteiger partial charge in [-0.3, -0.25) is 4.79 Å². The van der Waals surface area contributed by atoms with Crippen LogP contribution in [-0.2, 0) is 9.53 Å². The first-order valence-corrected chi connectivity index (χ1v) is 6.34. The normalized spacial score (nSPS) is 15.2. The molecular weight excluding hydrogens is 246 g/mol. The topological polar surface area (TPSA) is 75.6 Å². The minimum Gasteiger partial charge on any atom is -0.507 e. The summed E-state index contributed by atoms with van der Waals surface area (Å²) >= 11 is 0. The highest BCUT2D eigenvalue weighted by Gasteiger charge is 2.23. The van der Waals surface area contributed by atoms with E-state index in [2.05, 4.69) is 10.1 Å². The Morgan fingerprint density at radius 1 is 1.32 bits per heavy atom. The molecule has 0 aliphatic heterocycles. The van der Waals surface area contributed by atoms with Crippen LogP contribution in [0, 0.1) is 5.92 Å². The van der Waals surface area contributed by atoms with Gasteiger partial charge in [-0.05, 0) is 31.0 Å². The number of hydrogen-bond acceptors (Lipinski definition) is 4. The summed E-state index contributed by atoms with van der Waals surface area (Å²) in [6.45, 7) is 0. The molecule has 102 valence electrons. The van der Waals surface area contributed by atoms with Crippen molar-refractivity contribution < 1.29 is 19.4 Å². The van der Waals surface area contributed by atoms with E-state index in [1.807, 2.05) is 0 Å². The number of hydrogen-bond donors (Lipinski definition) is 2. The Morgan fingerprint density at radius 3 is 2.63 bits per heavy atom. The molecule has 1 amide bonds. The zero-order chi connectivity index (χ0) is 13.8. The average Bonchev–Trinajstić information content (AvgIpc) is 2.94. The standard InChI is InChI=1S/C14H17NO4/c1-19-14(18)11-8-10(6-7-12(11)16)15-13(17)9-4-2-3-5-9/h6-9,16H,2-5H2,1H3,(H,15,17). The van der Waals surface area contributed by atoms with E-state index >= 15 is 0 Å². The van der Waals surface area contributed by atoms with Crippen molar-refractivity contribution >= 4 is 17.6 Å². The number of phenols is 1. The van der Waals surface area contributed by atoms with Gasteiger partial charge in [0.2, 0.25) is 5.91 Å². The first-order chi connectivity index (χ1) is 9.11. The quantitative estimate of drug-likeness (QED) is 0.648. The van der Waals surface area contributed by atoms with Crippen LogP contribution in [0.2, 0.25) is 0 Å². The summed E-state index contributed by atoms with van der Waals surface area (Å²) in [5.74, 6) is -0.769. The number of carbonyl (C=O) groups is 2. The maximum Gasteiger partial charge on any atom is 0.341 e. The van der Waals surface area contributed by atoms with Gasteiger partial charge < -0.3 is 15.2 Å². The van der Waals surface area contributed by atoms with E-state index in [0.717, 1.165) is 25.7 Å². The first kappa shape index (κ1) is 13.4. The van der Waals surface area contributed by atoms with Crippen LogP contribution >= 0.6 is 0 Å². The van der Waals surface area contributed by atoms with E-state index in [1.54, 1.807) is 6.07 Å². The minimum absolute atomic E-state index is 0.0287. The molecule has 1 aliphatic rings. The molecule has 19 heavy (non-hydrogen) atoms. The molecule has 2 rings (SSSR count). The Hall–Kier alpha value is -2.04. The Morgan fingerprint density at radius 2 is 2.00 bits per heavy atom. The van der Waals surface area contributed by atoms with Crippen molar-refractivity contribution in [3.63, 3.8) is 0 Å². The maximum atomic E-state index is 12.0. The van der Waals surface area contributed by atoms with E-state index in [4.69, 9.17) is 0 Å². The van der Waals surface area contributed by atoms with Gasteiger partial charge in [-0.2, -0.15) is 0 Å². The number of nitrogens with one attached hydrogen (secondary N) is 1. The summed E-state index contributed by atoms with van der Waals surface area (Å²) < 4.78 is 4.57. The van der Waals surface area contributed by atoms with Gasteiger partial charge in [0, 0.05) is 11.6 Å². The predicted molar refractivity (Wildman–Crippen MR) is 70.0 cm³/mol. The first-order valence-electron chi connectivity index (χ1n) is 6.34. The van der Waals surface area contributed by atoms with Gasteiger partial charge in [0.25, 0.3) is 0 Å². The molecule has 0 bridgehead atoms. The molecule has 1 fully saturated rings. The number of aromatic hydroxyl groups is 1. The third kappa shape index (κ3) is 3.05. The second kappa shape index (κ2) is 5.73. The molecule has 0 aromatic heterocycles. The van der Waals surface area contributed by atoms with Gasteiger partial charge in [-0.15, -0.1) is 0 Å². The van der Waals surface area contributed by atoms with Gasteiger partial charge in [-0.1, -0.05) is 12.8 Å². The summed E-state index contributed by atoms with van der Waals surface area (Å²) in [6.07, 6.45) is 3.99. The van der Waals surface area contributed by atoms with Gasteiger partial charge in [-0.25, -0.2) is 4.79 Å². The summed E-state index contributed by atoms with van der Waals surface area (Å²) in [5.41, 5.74) is 0.543. The number of amides is 1. The summed E-state index contributed by atoms with van der Waals surface area (Å²) in [4.78, 5) is 23.4. The van der Waals surface area contributed by atoms with Crippen molar-refractivity contribution in [2.24, 2.45) is 5.92 Å². The fourth-order valence-electron chi connectivity index (χ4n) is 2.32. The van der Waals surface area contributed by atoms with E-state index in [1.165, 1.54) is 19.2 Å². The number of anilines is 1. The number of ether oxygens (including phenoxy) is 1. The number of carbonyl (C=O) groups excluding carboxylic acids is 2. The summed E-state index contributed by atoms with van der Waals surface area (Å²) in [6, 6.07) is 4.36. The predicted octanol–water partition coefficient (Wildman–Crippen LogP) is 2.31. The van der Waals surface area contributed by atoms with Crippen molar-refractivity contribution in [1.82, 2.24) is 0 Å². The highest BCUT2D eigenvalue weighted by atomic mass is 16.5. The second-order valence-electron chi connectivity index (χ2n) is 4.69. The zero-order valence-corrected chi connectivity index (χ0v) is 10.8. The maximum absolute atomic E-state index is 12.0. The Kier molecular flexibility index (Phi) is 4.04. The van der Waals surface area contributed by atoms with Crippen LogP contribution < -0.4 is 5.32 Å². The van der Waals surface area contributed by atoms with Crippen molar-refractivity contribution in [3.05, 3.63) is 23.8 Å². The third-order valence-electron chi connectivity index (χ3n) is 3.40. The van der Waals surface area contributed by atoms with Crippen LogP contribution in [0.1, 0.15) is 36.0 Å². The van der Waals surface area contributed by atoms with Gasteiger partial charge in [0.15, 0.2) is 0 Å². The van der Waals surface area contributed by atoms with Crippen LogP contribution in [0.3, 0.4) is 0 Å². The lowest BCUT2D eigenvalue weighted by Crippen LogP contribution is -2.20. The van der Waals surface area contributed by atoms with Crippen LogP contribution in [-0.4, -0.2) is 24.1 Å². The lowest BCUT2D eigenvalue weighted by Gasteiger charge is -2.11. The molecule has 0 spiro atoms. The second-order valence-corrected chi connectivity index (χ2v) is 4.69. The Balaban J connectivity index is 2.12. The van der Waals surface area contributed by atoms with Crippen molar-refractivity contribution in [2.75, 3.05) is 12.4 Å². The number of phenolic OH excluding ortho intramolecular Hbond substituents is 1. The Bertz CT molecular complexity index is 492. The molecule has 2 N–H and O–H groups in total. The smallest absolute Gasteiger partial charge is 0.341 e. The number of esters is 1. The minimum atomic E-state index is -0.630. The van der Waals surface area contributed by atoms with E-state index in [0.29, 0.717) is 5.69 Å². The van der Waals surface area contributed by atoms with Crippen molar-refractivity contribution in [2.45, 2.75) is 25.7 Å². The van der Waals surface area contributed by atoms with Crippen LogP contribution in [0.25, 0.3) is 0 Å². The average molecular weight is 263 g/mol. The van der Waals surface area contributed by atoms with Gasteiger partial charge in [0.1, 0.15) is 11.3 Å². The lowest BCUT2D eigenvalue weighted by molar-refractivity contribution is -0.119. The SMILES string of the molecule is COC(=O)c1cc(NC(=O)C2CCCC2)ccc1O.